The summed E-state index contributed by atoms with van der Waals surface area (Å²) in [6, 6.07) is 10.4. The zero-order valence-corrected chi connectivity index (χ0v) is 15.2. The third kappa shape index (κ3) is 3.36. The molecule has 2 aromatic rings. The molecule has 0 spiro atoms. The van der Waals surface area contributed by atoms with Crippen molar-refractivity contribution < 1.29 is 13.9 Å². The number of hydrogen-bond acceptors (Lipinski definition) is 3. The highest BCUT2D eigenvalue weighted by Gasteiger charge is 2.38. The second kappa shape index (κ2) is 6.47. The van der Waals surface area contributed by atoms with Gasteiger partial charge in [0.1, 0.15) is 18.2 Å². The van der Waals surface area contributed by atoms with Gasteiger partial charge in [-0.1, -0.05) is 18.2 Å². The summed E-state index contributed by atoms with van der Waals surface area (Å²) in [6.07, 6.45) is 2.93. The molecule has 0 N–H and O–H groups in total. The van der Waals surface area contributed by atoms with Crippen molar-refractivity contribution in [3.8, 4) is 0 Å². The number of amides is 1. The van der Waals surface area contributed by atoms with E-state index in [0.29, 0.717) is 31.4 Å². The van der Waals surface area contributed by atoms with Crippen LogP contribution in [0.3, 0.4) is 0 Å². The van der Waals surface area contributed by atoms with Gasteiger partial charge in [-0.25, -0.2) is 9.37 Å². The van der Waals surface area contributed by atoms with E-state index < -0.39 is 0 Å². The summed E-state index contributed by atoms with van der Waals surface area (Å²) >= 11 is 0. The summed E-state index contributed by atoms with van der Waals surface area (Å²) in [5.41, 5.74) is 3.25. The predicted octanol–water partition coefficient (Wildman–Crippen LogP) is 3.90. The first-order valence-corrected chi connectivity index (χ1v) is 9.08. The Bertz CT molecular complexity index is 828. The maximum atomic E-state index is 13.2. The van der Waals surface area contributed by atoms with Gasteiger partial charge in [-0.3, -0.25) is 4.79 Å². The molecule has 4 nitrogen and oxygen atoms in total. The summed E-state index contributed by atoms with van der Waals surface area (Å²) in [5, 5.41) is 0. The molecule has 1 saturated carbocycles. The van der Waals surface area contributed by atoms with E-state index in [2.05, 4.69) is 0 Å². The molecule has 0 bridgehead atoms. The SMILES string of the molecule is CC1(C)COCN1C(=O)c1ccc(C2CC2)c(Cc2ccc(F)cc2)n1. The van der Waals surface area contributed by atoms with Gasteiger partial charge in [0.15, 0.2) is 0 Å². The first-order valence-electron chi connectivity index (χ1n) is 9.08. The van der Waals surface area contributed by atoms with E-state index >= 15 is 0 Å². The highest BCUT2D eigenvalue weighted by atomic mass is 19.1. The maximum Gasteiger partial charge on any atom is 0.274 e. The van der Waals surface area contributed by atoms with Gasteiger partial charge < -0.3 is 9.64 Å². The molecule has 1 aromatic heterocycles. The quantitative estimate of drug-likeness (QED) is 0.836. The number of ether oxygens (including phenoxy) is 1. The average Bonchev–Trinajstić information content (AvgIpc) is 3.39. The first-order chi connectivity index (χ1) is 12.4. The number of aromatic nitrogens is 1. The Morgan fingerprint density at radius 1 is 1.23 bits per heavy atom. The van der Waals surface area contributed by atoms with Gasteiger partial charge in [-0.05, 0) is 61.9 Å². The highest BCUT2D eigenvalue weighted by molar-refractivity contribution is 5.93. The Morgan fingerprint density at radius 2 is 1.96 bits per heavy atom. The van der Waals surface area contributed by atoms with Gasteiger partial charge in [-0.15, -0.1) is 0 Å². The zero-order chi connectivity index (χ0) is 18.3. The van der Waals surface area contributed by atoms with E-state index in [4.69, 9.17) is 9.72 Å². The molecule has 0 unspecified atom stereocenters. The van der Waals surface area contributed by atoms with Crippen LogP contribution in [0.15, 0.2) is 36.4 Å². The minimum absolute atomic E-state index is 0.102. The maximum absolute atomic E-state index is 13.2. The minimum Gasteiger partial charge on any atom is -0.359 e. The smallest absolute Gasteiger partial charge is 0.274 e. The van der Waals surface area contributed by atoms with Crippen molar-refractivity contribution in [2.45, 2.75) is 44.6 Å². The van der Waals surface area contributed by atoms with Crippen molar-refractivity contribution in [2.75, 3.05) is 13.3 Å². The fourth-order valence-electron chi connectivity index (χ4n) is 3.45. The molecule has 0 radical (unpaired) electrons. The number of hydrogen-bond donors (Lipinski definition) is 0. The Hall–Kier alpha value is -2.27. The molecule has 1 aliphatic carbocycles. The van der Waals surface area contributed by atoms with Crippen LogP contribution in [0.1, 0.15) is 59.9 Å². The molecule has 26 heavy (non-hydrogen) atoms. The van der Waals surface area contributed by atoms with Gasteiger partial charge in [0.2, 0.25) is 0 Å². The molecule has 136 valence electrons. The number of carbonyl (C=O) groups is 1. The fraction of sp³-hybridized carbons (Fsp3) is 0.429. The number of rotatable bonds is 4. The standard InChI is InChI=1S/C21H23FN2O2/c1-21(2)12-26-13-24(21)20(25)18-10-9-17(15-5-6-15)19(23-18)11-14-3-7-16(22)8-4-14/h3-4,7-10,15H,5-6,11-13H2,1-2H3. The summed E-state index contributed by atoms with van der Waals surface area (Å²) in [7, 11) is 0. The lowest BCUT2D eigenvalue weighted by atomic mass is 10.0. The van der Waals surface area contributed by atoms with Gasteiger partial charge in [0, 0.05) is 12.1 Å². The molecule has 1 aliphatic heterocycles. The second-order valence-electron chi connectivity index (χ2n) is 7.83. The lowest BCUT2D eigenvalue weighted by molar-refractivity contribution is 0.0599. The van der Waals surface area contributed by atoms with Crippen molar-refractivity contribution in [1.82, 2.24) is 9.88 Å². The second-order valence-corrected chi connectivity index (χ2v) is 7.83. The van der Waals surface area contributed by atoms with Gasteiger partial charge in [0.25, 0.3) is 5.91 Å². The lowest BCUT2D eigenvalue weighted by Gasteiger charge is -2.29. The summed E-state index contributed by atoms with van der Waals surface area (Å²) in [6.45, 7) is 4.82. The molecule has 2 aliphatic rings. The number of nitrogens with zero attached hydrogens (tertiary/aromatic N) is 2. The molecule has 0 atom stereocenters. The molecule has 1 saturated heterocycles. The van der Waals surface area contributed by atoms with E-state index in [1.54, 1.807) is 17.0 Å². The normalized spacial score (nSPS) is 19.0. The highest BCUT2D eigenvalue weighted by Crippen LogP contribution is 2.42. The van der Waals surface area contributed by atoms with Crippen molar-refractivity contribution in [3.63, 3.8) is 0 Å². The Kier molecular flexibility index (Phi) is 4.27. The number of carbonyl (C=O) groups excluding carboxylic acids is 1. The van der Waals surface area contributed by atoms with Crippen molar-refractivity contribution >= 4 is 5.91 Å². The molecular formula is C21H23FN2O2. The predicted molar refractivity (Wildman–Crippen MR) is 96.5 cm³/mol. The van der Waals surface area contributed by atoms with Crippen LogP contribution in [0.25, 0.3) is 0 Å². The minimum atomic E-state index is -0.328. The van der Waals surface area contributed by atoms with E-state index in [-0.39, 0.29) is 17.3 Å². The Morgan fingerprint density at radius 3 is 2.58 bits per heavy atom. The van der Waals surface area contributed by atoms with Crippen LogP contribution in [0.5, 0.6) is 0 Å². The van der Waals surface area contributed by atoms with E-state index in [0.717, 1.165) is 11.3 Å². The Balaban J connectivity index is 1.65. The number of halogens is 1. The Labute approximate surface area is 153 Å². The largest absolute Gasteiger partial charge is 0.359 e. The lowest BCUT2D eigenvalue weighted by Crippen LogP contribution is -2.44. The van der Waals surface area contributed by atoms with E-state index in [1.807, 2.05) is 26.0 Å². The van der Waals surface area contributed by atoms with Crippen LogP contribution in [-0.2, 0) is 11.2 Å². The van der Waals surface area contributed by atoms with Gasteiger partial charge >= 0.3 is 0 Å². The van der Waals surface area contributed by atoms with Gasteiger partial charge in [0.05, 0.1) is 12.1 Å². The molecule has 2 fully saturated rings. The third-order valence-corrected chi connectivity index (χ3v) is 5.18. The zero-order valence-electron chi connectivity index (χ0n) is 15.2. The van der Waals surface area contributed by atoms with E-state index in [9.17, 15) is 9.18 Å². The summed E-state index contributed by atoms with van der Waals surface area (Å²) in [5.74, 6) is 0.188. The van der Waals surface area contributed by atoms with Gasteiger partial charge in [-0.2, -0.15) is 0 Å². The molecule has 2 heterocycles. The monoisotopic (exact) mass is 354 g/mol. The average molecular weight is 354 g/mol. The van der Waals surface area contributed by atoms with Crippen LogP contribution in [-0.4, -0.2) is 34.7 Å². The molecule has 1 amide bonds. The van der Waals surface area contributed by atoms with Crippen LogP contribution in [0.4, 0.5) is 4.39 Å². The van der Waals surface area contributed by atoms with Crippen LogP contribution in [0, 0.1) is 5.82 Å². The number of pyridine rings is 1. The topological polar surface area (TPSA) is 42.4 Å². The number of benzene rings is 1. The molecule has 5 heteroatoms. The van der Waals surface area contributed by atoms with Crippen molar-refractivity contribution in [1.29, 1.82) is 0 Å². The van der Waals surface area contributed by atoms with Crippen LogP contribution >= 0.6 is 0 Å². The van der Waals surface area contributed by atoms with Crippen molar-refractivity contribution in [2.24, 2.45) is 0 Å². The first kappa shape index (κ1) is 17.2. The van der Waals surface area contributed by atoms with E-state index in [1.165, 1.54) is 30.5 Å². The van der Waals surface area contributed by atoms with Crippen LogP contribution in [0.2, 0.25) is 0 Å². The molecule has 1 aromatic carbocycles. The van der Waals surface area contributed by atoms with Crippen LogP contribution < -0.4 is 0 Å². The molecule has 4 rings (SSSR count). The molecular weight excluding hydrogens is 331 g/mol. The third-order valence-electron chi connectivity index (χ3n) is 5.18. The summed E-state index contributed by atoms with van der Waals surface area (Å²) < 4.78 is 18.6. The summed E-state index contributed by atoms with van der Waals surface area (Å²) in [4.78, 5) is 19.4. The fourth-order valence-corrected chi connectivity index (χ4v) is 3.45. The van der Waals surface area contributed by atoms with Crippen molar-refractivity contribution in [3.05, 3.63) is 64.7 Å².